The van der Waals surface area contributed by atoms with E-state index in [1.807, 2.05) is 6.92 Å². The van der Waals surface area contributed by atoms with Crippen LogP contribution in [-0.2, 0) is 0 Å². The first kappa shape index (κ1) is 13.6. The number of fused-ring (bicyclic) bond motifs is 1. The van der Waals surface area contributed by atoms with Gasteiger partial charge in [0.2, 0.25) is 0 Å². The fourth-order valence-corrected chi connectivity index (χ4v) is 3.40. The van der Waals surface area contributed by atoms with Gasteiger partial charge in [-0.3, -0.25) is 5.84 Å². The molecule has 0 aliphatic heterocycles. The van der Waals surface area contributed by atoms with E-state index in [-0.39, 0.29) is 11.9 Å². The lowest BCUT2D eigenvalue weighted by Crippen LogP contribution is -2.34. The number of hydrogen-bond donors (Lipinski definition) is 2. The molecule has 1 heterocycles. The summed E-state index contributed by atoms with van der Waals surface area (Å²) in [7, 11) is 0. The van der Waals surface area contributed by atoms with Crippen molar-refractivity contribution in [2.24, 2.45) is 11.8 Å². The molecular formula is C16H21FN2O. The van der Waals surface area contributed by atoms with Crippen LogP contribution in [0.4, 0.5) is 4.39 Å². The number of rotatable bonds is 3. The van der Waals surface area contributed by atoms with Crippen molar-refractivity contribution < 1.29 is 8.81 Å². The Balaban J connectivity index is 2.00. The van der Waals surface area contributed by atoms with E-state index in [1.54, 1.807) is 6.07 Å². The lowest BCUT2D eigenvalue weighted by atomic mass is 9.82. The summed E-state index contributed by atoms with van der Waals surface area (Å²) in [5.41, 5.74) is 4.64. The molecule has 0 bridgehead atoms. The van der Waals surface area contributed by atoms with Gasteiger partial charge in [0.05, 0.1) is 6.04 Å². The van der Waals surface area contributed by atoms with Crippen molar-refractivity contribution in [3.05, 3.63) is 35.3 Å². The summed E-state index contributed by atoms with van der Waals surface area (Å²) in [6.45, 7) is 1.98. The lowest BCUT2D eigenvalue weighted by molar-refractivity contribution is 0.248. The summed E-state index contributed by atoms with van der Waals surface area (Å²) in [6, 6.07) is 4.67. The van der Waals surface area contributed by atoms with Crippen molar-refractivity contribution >= 4 is 11.0 Å². The average Bonchev–Trinajstić information content (AvgIpc) is 2.78. The molecule has 1 unspecified atom stereocenters. The Kier molecular flexibility index (Phi) is 3.76. The molecule has 2 aromatic rings. The van der Waals surface area contributed by atoms with Gasteiger partial charge in [0.1, 0.15) is 17.2 Å². The number of aryl methyl sites for hydroxylation is 1. The fraction of sp³-hybridized carbons (Fsp3) is 0.500. The zero-order valence-corrected chi connectivity index (χ0v) is 11.8. The van der Waals surface area contributed by atoms with Crippen LogP contribution < -0.4 is 11.3 Å². The van der Waals surface area contributed by atoms with Crippen LogP contribution in [0.2, 0.25) is 0 Å². The van der Waals surface area contributed by atoms with E-state index in [2.05, 4.69) is 5.43 Å². The number of benzene rings is 1. The number of nitrogens with one attached hydrogen (secondary N) is 1. The summed E-state index contributed by atoms with van der Waals surface area (Å²) in [5.74, 6) is 6.90. The molecule has 1 aliphatic carbocycles. The minimum absolute atomic E-state index is 0.0192. The van der Waals surface area contributed by atoms with Gasteiger partial charge < -0.3 is 4.42 Å². The minimum Gasteiger partial charge on any atom is -0.459 e. The molecule has 0 saturated heterocycles. The molecular weight excluding hydrogens is 255 g/mol. The van der Waals surface area contributed by atoms with Crippen LogP contribution in [0.5, 0.6) is 0 Å². The molecule has 0 amide bonds. The zero-order valence-electron chi connectivity index (χ0n) is 11.8. The van der Waals surface area contributed by atoms with Crippen LogP contribution in [0.1, 0.15) is 49.5 Å². The van der Waals surface area contributed by atoms with Crippen molar-refractivity contribution in [2.75, 3.05) is 0 Å². The third-order valence-electron chi connectivity index (χ3n) is 4.52. The van der Waals surface area contributed by atoms with Crippen LogP contribution in [0.3, 0.4) is 0 Å². The highest BCUT2D eigenvalue weighted by molar-refractivity contribution is 5.82. The third kappa shape index (κ3) is 2.34. The van der Waals surface area contributed by atoms with Gasteiger partial charge in [-0.25, -0.2) is 9.82 Å². The predicted octanol–water partition coefficient (Wildman–Crippen LogP) is 3.97. The molecule has 1 aromatic carbocycles. The normalized spacial score (nSPS) is 18.6. The topological polar surface area (TPSA) is 51.2 Å². The maximum atomic E-state index is 13.4. The molecule has 3 nitrogen and oxygen atoms in total. The second kappa shape index (κ2) is 5.54. The Morgan fingerprint density at radius 3 is 2.75 bits per heavy atom. The van der Waals surface area contributed by atoms with Gasteiger partial charge in [-0.1, -0.05) is 19.3 Å². The Morgan fingerprint density at radius 1 is 1.30 bits per heavy atom. The second-order valence-electron chi connectivity index (χ2n) is 5.77. The quantitative estimate of drug-likeness (QED) is 0.659. The Hall–Kier alpha value is -1.39. The van der Waals surface area contributed by atoms with Crippen LogP contribution >= 0.6 is 0 Å². The van der Waals surface area contributed by atoms with Gasteiger partial charge in [0, 0.05) is 10.9 Å². The third-order valence-corrected chi connectivity index (χ3v) is 4.52. The SMILES string of the molecule is Cc1c(C(NN)C2CCCCC2)oc2ccc(F)cc12. The Bertz CT molecular complexity index is 602. The molecule has 4 heteroatoms. The first-order valence-electron chi connectivity index (χ1n) is 7.35. The molecule has 0 radical (unpaired) electrons. The van der Waals surface area contributed by atoms with Gasteiger partial charge in [0.15, 0.2) is 0 Å². The van der Waals surface area contributed by atoms with E-state index in [9.17, 15) is 4.39 Å². The molecule has 1 aliphatic rings. The molecule has 1 saturated carbocycles. The molecule has 3 rings (SSSR count). The first-order valence-corrected chi connectivity index (χ1v) is 7.35. The highest BCUT2D eigenvalue weighted by atomic mass is 19.1. The van der Waals surface area contributed by atoms with Crippen molar-refractivity contribution in [1.82, 2.24) is 5.43 Å². The Morgan fingerprint density at radius 2 is 2.05 bits per heavy atom. The van der Waals surface area contributed by atoms with Crippen molar-refractivity contribution in [3.63, 3.8) is 0 Å². The van der Waals surface area contributed by atoms with Gasteiger partial charge in [-0.05, 0) is 43.9 Å². The molecule has 1 fully saturated rings. The number of furan rings is 1. The van der Waals surface area contributed by atoms with Crippen LogP contribution in [0.25, 0.3) is 11.0 Å². The highest BCUT2D eigenvalue weighted by Crippen LogP contribution is 2.38. The molecule has 20 heavy (non-hydrogen) atoms. The molecule has 1 atom stereocenters. The minimum atomic E-state index is -0.233. The molecule has 0 spiro atoms. The summed E-state index contributed by atoms with van der Waals surface area (Å²) < 4.78 is 19.3. The van der Waals surface area contributed by atoms with Crippen LogP contribution in [-0.4, -0.2) is 0 Å². The van der Waals surface area contributed by atoms with E-state index < -0.39 is 0 Å². The monoisotopic (exact) mass is 276 g/mol. The standard InChI is InChI=1S/C16H21FN2O/c1-10-13-9-12(17)7-8-14(13)20-16(10)15(19-18)11-5-3-2-4-6-11/h7-9,11,15,19H,2-6,18H2,1H3. The number of nitrogens with two attached hydrogens (primary N) is 1. The van der Waals surface area contributed by atoms with E-state index in [1.165, 1.54) is 44.2 Å². The Labute approximate surface area is 118 Å². The average molecular weight is 276 g/mol. The number of hydrazine groups is 1. The second-order valence-corrected chi connectivity index (χ2v) is 5.77. The molecule has 1 aromatic heterocycles. The van der Waals surface area contributed by atoms with Crippen molar-refractivity contribution in [3.8, 4) is 0 Å². The van der Waals surface area contributed by atoms with E-state index >= 15 is 0 Å². The molecule has 3 N–H and O–H groups in total. The maximum absolute atomic E-state index is 13.4. The van der Waals surface area contributed by atoms with Gasteiger partial charge >= 0.3 is 0 Å². The lowest BCUT2D eigenvalue weighted by Gasteiger charge is -2.28. The van der Waals surface area contributed by atoms with E-state index in [0.717, 1.165) is 22.3 Å². The smallest absolute Gasteiger partial charge is 0.134 e. The van der Waals surface area contributed by atoms with E-state index in [0.29, 0.717) is 5.92 Å². The van der Waals surface area contributed by atoms with Crippen LogP contribution in [0, 0.1) is 18.7 Å². The highest BCUT2D eigenvalue weighted by Gasteiger charge is 2.28. The fourth-order valence-electron chi connectivity index (χ4n) is 3.40. The zero-order chi connectivity index (χ0) is 14.1. The summed E-state index contributed by atoms with van der Waals surface area (Å²) >= 11 is 0. The molecule has 108 valence electrons. The van der Waals surface area contributed by atoms with E-state index in [4.69, 9.17) is 10.3 Å². The summed E-state index contributed by atoms with van der Waals surface area (Å²) in [6.07, 6.45) is 6.13. The van der Waals surface area contributed by atoms with Crippen molar-refractivity contribution in [2.45, 2.75) is 45.1 Å². The number of hydrogen-bond acceptors (Lipinski definition) is 3. The van der Waals surface area contributed by atoms with Gasteiger partial charge in [0.25, 0.3) is 0 Å². The predicted molar refractivity (Wildman–Crippen MR) is 77.5 cm³/mol. The summed E-state index contributed by atoms with van der Waals surface area (Å²) in [5, 5.41) is 0.844. The van der Waals surface area contributed by atoms with Gasteiger partial charge in [-0.2, -0.15) is 0 Å². The largest absolute Gasteiger partial charge is 0.459 e. The summed E-state index contributed by atoms with van der Waals surface area (Å²) in [4.78, 5) is 0. The maximum Gasteiger partial charge on any atom is 0.134 e. The first-order chi connectivity index (χ1) is 9.70. The van der Waals surface area contributed by atoms with Crippen molar-refractivity contribution in [1.29, 1.82) is 0 Å². The van der Waals surface area contributed by atoms with Gasteiger partial charge in [-0.15, -0.1) is 0 Å². The van der Waals surface area contributed by atoms with Crippen LogP contribution in [0.15, 0.2) is 22.6 Å². The number of halogens is 1.